The number of benzene rings is 1. The fourth-order valence-electron chi connectivity index (χ4n) is 3.26. The van der Waals surface area contributed by atoms with Crippen LogP contribution in [0.5, 0.6) is 0 Å². The lowest BCUT2D eigenvalue weighted by Crippen LogP contribution is -2.42. The highest BCUT2D eigenvalue weighted by atomic mass is 35.5. The molecule has 1 aromatic rings. The second-order valence-electron chi connectivity index (χ2n) is 6.12. The van der Waals surface area contributed by atoms with Crippen molar-refractivity contribution in [1.29, 1.82) is 5.26 Å². The number of hydrogen-bond donors (Lipinski definition) is 1. The summed E-state index contributed by atoms with van der Waals surface area (Å²) in [5, 5.41) is 10.6. The number of carbonyl (C=O) groups is 1. The number of carbonyl (C=O) groups excluding carboxylic acids is 1. The molecule has 27 heavy (non-hydrogen) atoms. The van der Waals surface area contributed by atoms with Gasteiger partial charge in [-0.1, -0.05) is 23.7 Å². The average Bonchev–Trinajstić information content (AvgIpc) is 2.97. The smallest absolute Gasteiger partial charge is 0.254 e. The third kappa shape index (κ3) is 3.31. The Hall–Kier alpha value is -2.43. The summed E-state index contributed by atoms with van der Waals surface area (Å²) in [6, 6.07) is 8.98. The van der Waals surface area contributed by atoms with Gasteiger partial charge in [-0.05, 0) is 50.2 Å². The minimum atomic E-state index is -0.457. The van der Waals surface area contributed by atoms with Gasteiger partial charge >= 0.3 is 0 Å². The molecule has 0 spiro atoms. The number of fused-ring (bicyclic) bond motifs is 1. The largest absolute Gasteiger partial charge is 0.383 e. The van der Waals surface area contributed by atoms with E-state index in [1.807, 2.05) is 32.9 Å². The standard InChI is InChI=1S/C19H20ClN5OS/c1-4-24(5-2)18(26)15-11(3)23-19-25(17(22)14(10-21)27-19)16(15)12-6-8-13(20)9-7-12/h6-9,16H,4-5,22H2,1-3H3. The van der Waals surface area contributed by atoms with Crippen molar-refractivity contribution >= 4 is 34.4 Å². The number of nitriles is 1. The zero-order valence-corrected chi connectivity index (χ0v) is 16.9. The number of allylic oxidation sites excluding steroid dienone is 2. The van der Waals surface area contributed by atoms with Crippen molar-refractivity contribution < 1.29 is 4.79 Å². The van der Waals surface area contributed by atoms with Crippen LogP contribution < -0.4 is 5.73 Å². The molecule has 0 fully saturated rings. The Balaban J connectivity index is 2.19. The van der Waals surface area contributed by atoms with E-state index in [1.54, 1.807) is 21.9 Å². The van der Waals surface area contributed by atoms with Gasteiger partial charge in [0.25, 0.3) is 5.91 Å². The van der Waals surface area contributed by atoms with Gasteiger partial charge in [-0.25, -0.2) is 4.99 Å². The molecule has 8 heteroatoms. The maximum Gasteiger partial charge on any atom is 0.254 e. The van der Waals surface area contributed by atoms with Crippen LogP contribution in [0, 0.1) is 11.3 Å². The van der Waals surface area contributed by atoms with E-state index in [0.717, 1.165) is 5.56 Å². The highest BCUT2D eigenvalue weighted by molar-refractivity contribution is 8.17. The quantitative estimate of drug-likeness (QED) is 0.833. The summed E-state index contributed by atoms with van der Waals surface area (Å²) in [7, 11) is 0. The minimum Gasteiger partial charge on any atom is -0.383 e. The van der Waals surface area contributed by atoms with Crippen molar-refractivity contribution in [3.63, 3.8) is 0 Å². The molecule has 1 amide bonds. The number of hydrogen-bond acceptors (Lipinski definition) is 6. The Bertz CT molecular complexity index is 909. The highest BCUT2D eigenvalue weighted by Gasteiger charge is 2.42. The zero-order valence-electron chi connectivity index (χ0n) is 15.4. The lowest BCUT2D eigenvalue weighted by molar-refractivity contribution is -0.127. The Morgan fingerprint density at radius 3 is 2.56 bits per heavy atom. The summed E-state index contributed by atoms with van der Waals surface area (Å²) in [6.07, 6.45) is 0. The highest BCUT2D eigenvalue weighted by Crippen LogP contribution is 2.45. The number of likely N-dealkylation sites (N-methyl/N-ethyl adjacent to an activating group) is 1. The molecule has 0 radical (unpaired) electrons. The second-order valence-corrected chi connectivity index (χ2v) is 7.54. The molecular weight excluding hydrogens is 382 g/mol. The van der Waals surface area contributed by atoms with Crippen LogP contribution in [0.2, 0.25) is 5.02 Å². The fraction of sp³-hybridized carbons (Fsp3) is 0.316. The van der Waals surface area contributed by atoms with Gasteiger partial charge in [0.2, 0.25) is 0 Å². The topological polar surface area (TPSA) is 85.7 Å². The predicted octanol–water partition coefficient (Wildman–Crippen LogP) is 3.59. The van der Waals surface area contributed by atoms with Crippen LogP contribution in [0.25, 0.3) is 0 Å². The first-order valence-corrected chi connectivity index (χ1v) is 9.83. The molecule has 1 unspecified atom stereocenters. The van der Waals surface area contributed by atoms with Crippen LogP contribution in [0.15, 0.2) is 51.3 Å². The van der Waals surface area contributed by atoms with Crippen molar-refractivity contribution in [2.24, 2.45) is 10.7 Å². The van der Waals surface area contributed by atoms with E-state index < -0.39 is 6.04 Å². The molecule has 0 bridgehead atoms. The summed E-state index contributed by atoms with van der Waals surface area (Å²) in [6.45, 7) is 6.91. The van der Waals surface area contributed by atoms with Crippen LogP contribution in [0.1, 0.15) is 32.4 Å². The molecule has 2 aliphatic rings. The third-order valence-electron chi connectivity index (χ3n) is 4.64. The van der Waals surface area contributed by atoms with Crippen molar-refractivity contribution in [3.05, 3.63) is 56.8 Å². The van der Waals surface area contributed by atoms with Crippen molar-refractivity contribution in [2.45, 2.75) is 26.8 Å². The van der Waals surface area contributed by atoms with E-state index in [2.05, 4.69) is 11.1 Å². The maximum atomic E-state index is 13.3. The van der Waals surface area contributed by atoms with Crippen molar-refractivity contribution in [2.75, 3.05) is 13.1 Å². The van der Waals surface area contributed by atoms with Crippen LogP contribution in [0.4, 0.5) is 0 Å². The minimum absolute atomic E-state index is 0.0801. The number of halogens is 1. The summed E-state index contributed by atoms with van der Waals surface area (Å²) in [4.78, 5) is 21.8. The molecule has 3 rings (SSSR count). The Morgan fingerprint density at radius 1 is 1.37 bits per heavy atom. The van der Waals surface area contributed by atoms with Crippen LogP contribution in [0.3, 0.4) is 0 Å². The number of amides is 1. The predicted molar refractivity (Wildman–Crippen MR) is 109 cm³/mol. The third-order valence-corrected chi connectivity index (χ3v) is 5.87. The maximum absolute atomic E-state index is 13.3. The molecule has 0 saturated heterocycles. The molecule has 6 nitrogen and oxygen atoms in total. The molecule has 2 N–H and O–H groups in total. The Kier molecular flexibility index (Phi) is 5.49. The lowest BCUT2D eigenvalue weighted by Gasteiger charge is -2.36. The van der Waals surface area contributed by atoms with Gasteiger partial charge in [0, 0.05) is 18.1 Å². The van der Waals surface area contributed by atoms with E-state index in [9.17, 15) is 10.1 Å². The SMILES string of the molecule is CCN(CC)C(=O)C1=C(C)N=C2SC(C#N)=C(N)N2C1c1ccc(Cl)cc1. The second kappa shape index (κ2) is 7.67. The molecule has 140 valence electrons. The number of nitrogens with two attached hydrogens (primary N) is 1. The molecule has 0 aliphatic carbocycles. The summed E-state index contributed by atoms with van der Waals surface area (Å²) in [5.74, 6) is 0.238. The zero-order chi connectivity index (χ0) is 19.7. The summed E-state index contributed by atoms with van der Waals surface area (Å²) < 4.78 is 0. The van der Waals surface area contributed by atoms with E-state index in [4.69, 9.17) is 17.3 Å². The van der Waals surface area contributed by atoms with Crippen molar-refractivity contribution in [3.8, 4) is 6.07 Å². The van der Waals surface area contributed by atoms with Gasteiger partial charge < -0.3 is 10.6 Å². The molecule has 1 atom stereocenters. The van der Waals surface area contributed by atoms with E-state index in [1.165, 1.54) is 11.8 Å². The monoisotopic (exact) mass is 401 g/mol. The average molecular weight is 402 g/mol. The first-order valence-electron chi connectivity index (χ1n) is 8.64. The van der Waals surface area contributed by atoms with Gasteiger partial charge in [0.05, 0.1) is 17.3 Å². The van der Waals surface area contributed by atoms with Crippen LogP contribution in [-0.2, 0) is 4.79 Å². The Labute approximate surface area is 168 Å². The first kappa shape index (κ1) is 19.3. The summed E-state index contributed by atoms with van der Waals surface area (Å²) >= 11 is 7.28. The normalized spacial score (nSPS) is 19.0. The van der Waals surface area contributed by atoms with Gasteiger partial charge in [-0.15, -0.1) is 0 Å². The molecule has 2 heterocycles. The first-order chi connectivity index (χ1) is 12.9. The van der Waals surface area contributed by atoms with Crippen LogP contribution in [-0.4, -0.2) is 34.0 Å². The van der Waals surface area contributed by atoms with E-state index in [-0.39, 0.29) is 5.91 Å². The molecule has 1 aromatic carbocycles. The number of rotatable bonds is 4. The van der Waals surface area contributed by atoms with E-state index >= 15 is 0 Å². The van der Waals surface area contributed by atoms with Gasteiger partial charge in [0.15, 0.2) is 5.17 Å². The molecule has 0 saturated carbocycles. The van der Waals surface area contributed by atoms with Gasteiger partial charge in [-0.2, -0.15) is 5.26 Å². The number of amidine groups is 1. The number of aliphatic imine (C=N–C) groups is 1. The summed E-state index contributed by atoms with van der Waals surface area (Å²) in [5.41, 5.74) is 8.32. The van der Waals surface area contributed by atoms with Gasteiger partial charge in [0.1, 0.15) is 16.8 Å². The van der Waals surface area contributed by atoms with E-state index in [0.29, 0.717) is 45.3 Å². The molecule has 2 aliphatic heterocycles. The Morgan fingerprint density at radius 2 is 2.00 bits per heavy atom. The number of nitrogens with zero attached hydrogens (tertiary/aromatic N) is 4. The lowest BCUT2D eigenvalue weighted by atomic mass is 9.93. The van der Waals surface area contributed by atoms with Gasteiger partial charge in [-0.3, -0.25) is 9.69 Å². The number of thioether (sulfide) groups is 1. The van der Waals surface area contributed by atoms with Crippen molar-refractivity contribution in [1.82, 2.24) is 9.80 Å². The molecule has 0 aromatic heterocycles. The molecular formula is C19H20ClN5OS. The van der Waals surface area contributed by atoms with Crippen LogP contribution >= 0.6 is 23.4 Å². The fourth-order valence-corrected chi connectivity index (χ4v) is 4.30.